The van der Waals surface area contributed by atoms with Gasteiger partial charge >= 0.3 is 7.12 Å². The third kappa shape index (κ3) is 3.56. The maximum atomic E-state index is 12.6. The molecule has 0 radical (unpaired) electrons. The molecule has 2 aromatic carbocycles. The molecule has 0 saturated heterocycles. The number of fused-ring (bicyclic) bond motifs is 1. The van der Waals surface area contributed by atoms with Crippen molar-refractivity contribution in [2.75, 3.05) is 6.79 Å². The van der Waals surface area contributed by atoms with E-state index in [4.69, 9.17) is 9.39 Å². The molecule has 7 heteroatoms. The van der Waals surface area contributed by atoms with Gasteiger partial charge in [-0.1, -0.05) is 54.7 Å². The average molecular weight is 369 g/mol. The Morgan fingerprint density at radius 3 is 2.69 bits per heavy atom. The first kappa shape index (κ1) is 17.3. The molecular formula is C19H20BNO4S. The van der Waals surface area contributed by atoms with E-state index in [1.165, 1.54) is 24.4 Å². The number of benzene rings is 2. The zero-order valence-electron chi connectivity index (χ0n) is 14.3. The van der Waals surface area contributed by atoms with Crippen molar-refractivity contribution in [1.29, 1.82) is 0 Å². The summed E-state index contributed by atoms with van der Waals surface area (Å²) in [6.45, 7) is -0.0696. The van der Waals surface area contributed by atoms with E-state index in [9.17, 15) is 9.82 Å². The van der Waals surface area contributed by atoms with E-state index in [2.05, 4.69) is 0 Å². The first-order chi connectivity index (χ1) is 12.7. The van der Waals surface area contributed by atoms with Gasteiger partial charge in [0.25, 0.3) is 5.56 Å². The quantitative estimate of drug-likeness (QED) is 0.536. The molecule has 0 unspecified atom stereocenters. The fraction of sp³-hybridized carbons (Fsp3) is 0.316. The number of hydrogen-bond donors (Lipinski definition) is 1. The van der Waals surface area contributed by atoms with E-state index in [0.29, 0.717) is 17.3 Å². The molecule has 26 heavy (non-hydrogen) atoms. The van der Waals surface area contributed by atoms with E-state index >= 15 is 0 Å². The van der Waals surface area contributed by atoms with E-state index in [1.54, 1.807) is 18.2 Å². The molecule has 0 atom stereocenters. The highest BCUT2D eigenvalue weighted by molar-refractivity contribution is 7.13. The molecule has 1 heterocycles. The first-order valence-corrected chi connectivity index (χ1v) is 9.63. The Balaban J connectivity index is 1.43. The highest BCUT2D eigenvalue weighted by Gasteiger charge is 2.21. The lowest BCUT2D eigenvalue weighted by Gasteiger charge is -2.10. The summed E-state index contributed by atoms with van der Waals surface area (Å²) < 4.78 is 13.8. The Hall–Kier alpha value is -2.09. The molecule has 0 spiro atoms. The number of nitrogens with zero attached hydrogens (tertiary/aromatic N) is 1. The van der Waals surface area contributed by atoms with E-state index < -0.39 is 7.12 Å². The first-order valence-electron chi connectivity index (χ1n) is 8.85. The van der Waals surface area contributed by atoms with Gasteiger partial charge in [-0.25, -0.2) is 0 Å². The largest absolute Gasteiger partial charge is 0.493 e. The van der Waals surface area contributed by atoms with Crippen molar-refractivity contribution in [2.24, 2.45) is 0 Å². The summed E-state index contributed by atoms with van der Waals surface area (Å²) in [4.78, 5) is 12.6. The lowest BCUT2D eigenvalue weighted by Crippen LogP contribution is -2.34. The number of aromatic nitrogens is 1. The van der Waals surface area contributed by atoms with Crippen LogP contribution in [0.25, 0.3) is 10.1 Å². The molecule has 1 saturated carbocycles. The van der Waals surface area contributed by atoms with E-state index in [1.807, 2.05) is 34.3 Å². The van der Waals surface area contributed by atoms with Gasteiger partial charge in [0.05, 0.1) is 10.1 Å². The lowest BCUT2D eigenvalue weighted by atomic mass is 9.80. The van der Waals surface area contributed by atoms with Crippen LogP contribution in [0.4, 0.5) is 0 Å². The summed E-state index contributed by atoms with van der Waals surface area (Å²) in [6, 6.07) is 14.9. The Morgan fingerprint density at radius 1 is 1.15 bits per heavy atom. The molecule has 1 aliphatic carbocycles. The van der Waals surface area contributed by atoms with Gasteiger partial charge in [-0.05, 0) is 36.5 Å². The smallest absolute Gasteiger partial charge is 0.469 e. The lowest BCUT2D eigenvalue weighted by molar-refractivity contribution is 0.103. The molecule has 1 fully saturated rings. The number of hydrogen-bond acceptors (Lipinski definition) is 5. The van der Waals surface area contributed by atoms with Crippen LogP contribution < -0.4 is 15.8 Å². The normalized spacial score (nSPS) is 14.8. The van der Waals surface area contributed by atoms with E-state index in [0.717, 1.165) is 22.9 Å². The molecule has 3 aromatic rings. The van der Waals surface area contributed by atoms with Crippen LogP contribution in [0, 0.1) is 0 Å². The fourth-order valence-electron chi connectivity index (χ4n) is 3.37. The van der Waals surface area contributed by atoms with Gasteiger partial charge in [-0.15, -0.1) is 0 Å². The van der Waals surface area contributed by atoms with Gasteiger partial charge in [0.1, 0.15) is 5.75 Å². The van der Waals surface area contributed by atoms with Crippen LogP contribution in [0.2, 0.25) is 0 Å². The van der Waals surface area contributed by atoms with Crippen molar-refractivity contribution in [3.05, 3.63) is 58.9 Å². The Labute approximate surface area is 156 Å². The summed E-state index contributed by atoms with van der Waals surface area (Å²) in [6.07, 6.45) is 4.56. The van der Waals surface area contributed by atoms with Crippen LogP contribution in [0.1, 0.15) is 31.7 Å². The standard InChI is InChI=1S/C19H20BNO4S/c22-19-17-11-10-16(12-18(17)26-21(19)15-8-4-5-9-15)24-13-25-20(23)14-6-2-1-3-7-14/h1-3,6-7,10-12,15,23H,4-5,8-9,13H2. The minimum Gasteiger partial charge on any atom is -0.469 e. The van der Waals surface area contributed by atoms with Gasteiger partial charge in [-0.3, -0.25) is 8.75 Å². The minimum atomic E-state index is -1.03. The molecule has 0 amide bonds. The highest BCUT2D eigenvalue weighted by atomic mass is 32.1. The van der Waals surface area contributed by atoms with Gasteiger partial charge in [0, 0.05) is 6.04 Å². The second-order valence-electron chi connectivity index (χ2n) is 6.51. The molecular weight excluding hydrogens is 349 g/mol. The van der Waals surface area contributed by atoms with Crippen molar-refractivity contribution in [2.45, 2.75) is 31.7 Å². The van der Waals surface area contributed by atoms with Crippen LogP contribution in [-0.2, 0) is 4.65 Å². The molecule has 1 aromatic heterocycles. The zero-order valence-corrected chi connectivity index (χ0v) is 15.2. The van der Waals surface area contributed by atoms with Crippen LogP contribution in [0.15, 0.2) is 53.3 Å². The second kappa shape index (κ2) is 7.66. The Bertz CT molecular complexity index is 934. The molecule has 134 valence electrons. The summed E-state index contributed by atoms with van der Waals surface area (Å²) in [5.74, 6) is 0.623. The Kier molecular flexibility index (Phi) is 5.10. The van der Waals surface area contributed by atoms with Crippen LogP contribution in [0.3, 0.4) is 0 Å². The third-order valence-corrected chi connectivity index (χ3v) is 5.97. The number of rotatable bonds is 6. The van der Waals surface area contributed by atoms with Crippen molar-refractivity contribution >= 4 is 34.2 Å². The van der Waals surface area contributed by atoms with Crippen molar-refractivity contribution in [3.63, 3.8) is 0 Å². The summed E-state index contributed by atoms with van der Waals surface area (Å²) in [7, 11) is -1.03. The third-order valence-electron chi connectivity index (χ3n) is 4.77. The second-order valence-corrected chi connectivity index (χ2v) is 7.53. The average Bonchev–Trinajstić information content (AvgIpc) is 3.30. The predicted molar refractivity (Wildman–Crippen MR) is 104 cm³/mol. The number of ether oxygens (including phenoxy) is 1. The maximum absolute atomic E-state index is 12.6. The molecule has 5 nitrogen and oxygen atoms in total. The van der Waals surface area contributed by atoms with Crippen molar-refractivity contribution in [3.8, 4) is 5.75 Å². The van der Waals surface area contributed by atoms with Crippen LogP contribution in [0.5, 0.6) is 5.75 Å². The zero-order chi connectivity index (χ0) is 17.9. The van der Waals surface area contributed by atoms with Gasteiger partial charge < -0.3 is 14.4 Å². The van der Waals surface area contributed by atoms with Gasteiger partial charge in [0.15, 0.2) is 6.79 Å². The van der Waals surface area contributed by atoms with Gasteiger partial charge in [-0.2, -0.15) is 0 Å². The molecule has 1 aliphatic rings. The van der Waals surface area contributed by atoms with Gasteiger partial charge in [0.2, 0.25) is 0 Å². The summed E-state index contributed by atoms with van der Waals surface area (Å²) in [5, 5.41) is 10.7. The monoisotopic (exact) mass is 369 g/mol. The molecule has 1 N–H and O–H groups in total. The predicted octanol–water partition coefficient (Wildman–Crippen LogP) is 2.92. The summed E-state index contributed by atoms with van der Waals surface area (Å²) >= 11 is 1.51. The highest BCUT2D eigenvalue weighted by Crippen LogP contribution is 2.32. The summed E-state index contributed by atoms with van der Waals surface area (Å²) in [5.41, 5.74) is 0.776. The van der Waals surface area contributed by atoms with Crippen molar-refractivity contribution in [1.82, 2.24) is 3.96 Å². The SMILES string of the molecule is O=c1c2ccc(OCOB(O)c3ccccc3)cc2sn1C1CCCC1. The fourth-order valence-corrected chi connectivity index (χ4v) is 4.55. The molecule has 0 aliphatic heterocycles. The topological polar surface area (TPSA) is 60.7 Å². The Morgan fingerprint density at radius 2 is 1.92 bits per heavy atom. The maximum Gasteiger partial charge on any atom is 0.493 e. The van der Waals surface area contributed by atoms with E-state index in [-0.39, 0.29) is 12.4 Å². The molecule has 0 bridgehead atoms. The van der Waals surface area contributed by atoms with Crippen molar-refractivity contribution < 1.29 is 14.4 Å². The molecule has 4 rings (SSSR count). The van der Waals surface area contributed by atoms with Crippen LogP contribution in [-0.4, -0.2) is 22.9 Å². The minimum absolute atomic E-state index is 0.0696. The van der Waals surface area contributed by atoms with Crippen LogP contribution >= 0.6 is 11.5 Å².